The van der Waals surface area contributed by atoms with Gasteiger partial charge in [-0.05, 0) is 48.4 Å². The Labute approximate surface area is 128 Å². The molecular formula is C16H16ClNO3. The third-order valence-corrected chi connectivity index (χ3v) is 3.81. The number of rotatable bonds is 4. The molecule has 0 saturated carbocycles. The van der Waals surface area contributed by atoms with E-state index in [1.807, 2.05) is 43.3 Å². The zero-order chi connectivity index (χ0) is 14.8. The highest BCUT2D eigenvalue weighted by molar-refractivity contribution is 6.31. The Morgan fingerprint density at radius 3 is 2.81 bits per heavy atom. The van der Waals surface area contributed by atoms with E-state index >= 15 is 0 Å². The monoisotopic (exact) mass is 305 g/mol. The van der Waals surface area contributed by atoms with Gasteiger partial charge in [0, 0.05) is 5.02 Å². The molecule has 0 fully saturated rings. The first kappa shape index (κ1) is 14.0. The third-order valence-electron chi connectivity index (χ3n) is 3.38. The van der Waals surface area contributed by atoms with Gasteiger partial charge in [0.15, 0.2) is 11.5 Å². The predicted molar refractivity (Wildman–Crippen MR) is 81.2 cm³/mol. The quantitative estimate of drug-likeness (QED) is 0.940. The van der Waals surface area contributed by atoms with Crippen LogP contribution in [-0.2, 0) is 0 Å². The lowest BCUT2D eigenvalue weighted by Gasteiger charge is -2.14. The largest absolute Gasteiger partial charge is 0.492 e. The van der Waals surface area contributed by atoms with Gasteiger partial charge in [0.05, 0.1) is 6.04 Å². The Morgan fingerprint density at radius 1 is 1.19 bits per heavy atom. The fraction of sp³-hybridized carbons (Fsp3) is 0.250. The molecule has 0 saturated heterocycles. The molecule has 1 heterocycles. The highest BCUT2D eigenvalue weighted by Crippen LogP contribution is 2.34. The van der Waals surface area contributed by atoms with E-state index in [-0.39, 0.29) is 12.8 Å². The summed E-state index contributed by atoms with van der Waals surface area (Å²) in [5.41, 5.74) is 8.08. The zero-order valence-corrected chi connectivity index (χ0v) is 12.4. The molecule has 2 N–H and O–H groups in total. The standard InChI is InChI=1S/C16H16ClNO3/c1-10-6-12(3-4-13(10)17)19-8-14(18)11-2-5-15-16(7-11)21-9-20-15/h2-7,14H,8-9,18H2,1H3. The summed E-state index contributed by atoms with van der Waals surface area (Å²) < 4.78 is 16.3. The van der Waals surface area contributed by atoms with Gasteiger partial charge in [0.1, 0.15) is 12.4 Å². The Hall–Kier alpha value is -1.91. The van der Waals surface area contributed by atoms with Crippen molar-refractivity contribution < 1.29 is 14.2 Å². The molecule has 0 bridgehead atoms. The number of fused-ring (bicyclic) bond motifs is 1. The third kappa shape index (κ3) is 3.06. The molecule has 0 amide bonds. The lowest BCUT2D eigenvalue weighted by atomic mass is 10.1. The second-order valence-corrected chi connectivity index (χ2v) is 5.35. The van der Waals surface area contributed by atoms with Crippen molar-refractivity contribution in [2.75, 3.05) is 13.4 Å². The summed E-state index contributed by atoms with van der Waals surface area (Å²) in [5.74, 6) is 2.23. The van der Waals surface area contributed by atoms with Gasteiger partial charge in [-0.2, -0.15) is 0 Å². The molecule has 1 atom stereocenters. The Kier molecular flexibility index (Phi) is 3.90. The fourth-order valence-electron chi connectivity index (χ4n) is 2.13. The minimum absolute atomic E-state index is 0.240. The average molecular weight is 306 g/mol. The van der Waals surface area contributed by atoms with E-state index in [0.717, 1.165) is 33.4 Å². The molecule has 3 rings (SSSR count). The Bertz CT molecular complexity index is 660. The molecule has 21 heavy (non-hydrogen) atoms. The van der Waals surface area contributed by atoms with Crippen molar-refractivity contribution in [3.8, 4) is 17.2 Å². The van der Waals surface area contributed by atoms with Crippen LogP contribution in [0.4, 0.5) is 0 Å². The van der Waals surface area contributed by atoms with Crippen LogP contribution in [0.25, 0.3) is 0 Å². The summed E-state index contributed by atoms with van der Waals surface area (Å²) in [6, 6.07) is 11.0. The van der Waals surface area contributed by atoms with Crippen LogP contribution in [0.1, 0.15) is 17.2 Å². The summed E-state index contributed by atoms with van der Waals surface area (Å²) in [6.07, 6.45) is 0. The number of ether oxygens (including phenoxy) is 3. The normalized spacial score (nSPS) is 14.0. The minimum Gasteiger partial charge on any atom is -0.492 e. The summed E-state index contributed by atoms with van der Waals surface area (Å²) in [4.78, 5) is 0. The van der Waals surface area contributed by atoms with Crippen LogP contribution in [-0.4, -0.2) is 13.4 Å². The van der Waals surface area contributed by atoms with Crippen LogP contribution in [0.2, 0.25) is 5.02 Å². The van der Waals surface area contributed by atoms with Gasteiger partial charge >= 0.3 is 0 Å². The molecule has 4 nitrogen and oxygen atoms in total. The molecule has 0 spiro atoms. The van der Waals surface area contributed by atoms with Gasteiger partial charge in [-0.1, -0.05) is 17.7 Å². The van der Waals surface area contributed by atoms with Crippen LogP contribution < -0.4 is 19.9 Å². The van der Waals surface area contributed by atoms with E-state index in [2.05, 4.69) is 0 Å². The summed E-state index contributed by atoms with van der Waals surface area (Å²) in [7, 11) is 0. The van der Waals surface area contributed by atoms with Crippen LogP contribution in [0.5, 0.6) is 17.2 Å². The molecule has 2 aromatic carbocycles. The predicted octanol–water partition coefficient (Wildman–Crippen LogP) is 3.46. The molecule has 1 unspecified atom stereocenters. The first-order chi connectivity index (χ1) is 10.1. The van der Waals surface area contributed by atoms with Gasteiger partial charge in [0.2, 0.25) is 6.79 Å². The highest BCUT2D eigenvalue weighted by Gasteiger charge is 2.16. The molecular weight excluding hydrogens is 290 g/mol. The highest BCUT2D eigenvalue weighted by atomic mass is 35.5. The topological polar surface area (TPSA) is 53.7 Å². The lowest BCUT2D eigenvalue weighted by Crippen LogP contribution is -2.19. The van der Waals surface area contributed by atoms with Crippen molar-refractivity contribution in [1.82, 2.24) is 0 Å². The molecule has 1 aliphatic rings. The molecule has 0 aromatic heterocycles. The van der Waals surface area contributed by atoms with E-state index in [1.165, 1.54) is 0 Å². The number of halogens is 1. The van der Waals surface area contributed by atoms with Gasteiger partial charge in [-0.15, -0.1) is 0 Å². The van der Waals surface area contributed by atoms with Crippen LogP contribution in [0.15, 0.2) is 36.4 Å². The van der Waals surface area contributed by atoms with E-state index in [1.54, 1.807) is 0 Å². The van der Waals surface area contributed by atoms with Crippen molar-refractivity contribution in [3.05, 3.63) is 52.5 Å². The molecule has 2 aromatic rings. The lowest BCUT2D eigenvalue weighted by molar-refractivity contribution is 0.174. The summed E-state index contributed by atoms with van der Waals surface area (Å²) in [6.45, 7) is 2.57. The van der Waals surface area contributed by atoms with E-state index in [4.69, 9.17) is 31.5 Å². The second-order valence-electron chi connectivity index (χ2n) is 4.94. The molecule has 110 valence electrons. The minimum atomic E-state index is -0.240. The first-order valence-electron chi connectivity index (χ1n) is 6.67. The van der Waals surface area contributed by atoms with Crippen LogP contribution in [0, 0.1) is 6.92 Å². The molecule has 0 aliphatic carbocycles. The first-order valence-corrected chi connectivity index (χ1v) is 7.05. The van der Waals surface area contributed by atoms with Gasteiger partial charge in [-0.3, -0.25) is 0 Å². The Balaban J connectivity index is 1.66. The number of hydrogen-bond donors (Lipinski definition) is 1. The smallest absolute Gasteiger partial charge is 0.231 e. The second kappa shape index (κ2) is 5.84. The number of nitrogens with two attached hydrogens (primary N) is 1. The molecule has 5 heteroatoms. The number of aryl methyl sites for hydroxylation is 1. The van der Waals surface area contributed by atoms with Gasteiger partial charge < -0.3 is 19.9 Å². The summed E-state index contributed by atoms with van der Waals surface area (Å²) >= 11 is 5.99. The SMILES string of the molecule is Cc1cc(OCC(N)c2ccc3c(c2)OCO3)ccc1Cl. The maximum absolute atomic E-state index is 6.16. The van der Waals surface area contributed by atoms with E-state index < -0.39 is 0 Å². The van der Waals surface area contributed by atoms with Crippen molar-refractivity contribution in [2.24, 2.45) is 5.73 Å². The van der Waals surface area contributed by atoms with Crippen molar-refractivity contribution in [3.63, 3.8) is 0 Å². The fourth-order valence-corrected chi connectivity index (χ4v) is 2.25. The van der Waals surface area contributed by atoms with Crippen LogP contribution in [0.3, 0.4) is 0 Å². The maximum atomic E-state index is 6.16. The van der Waals surface area contributed by atoms with Crippen molar-refractivity contribution >= 4 is 11.6 Å². The van der Waals surface area contributed by atoms with E-state index in [0.29, 0.717) is 6.61 Å². The zero-order valence-electron chi connectivity index (χ0n) is 11.6. The maximum Gasteiger partial charge on any atom is 0.231 e. The number of benzene rings is 2. The van der Waals surface area contributed by atoms with Crippen LogP contribution >= 0.6 is 11.6 Å². The van der Waals surface area contributed by atoms with Crippen molar-refractivity contribution in [1.29, 1.82) is 0 Å². The van der Waals surface area contributed by atoms with Crippen molar-refractivity contribution in [2.45, 2.75) is 13.0 Å². The van der Waals surface area contributed by atoms with Gasteiger partial charge in [0.25, 0.3) is 0 Å². The molecule has 1 aliphatic heterocycles. The average Bonchev–Trinajstić information content (AvgIpc) is 2.95. The number of hydrogen-bond acceptors (Lipinski definition) is 4. The Morgan fingerprint density at radius 2 is 2.00 bits per heavy atom. The van der Waals surface area contributed by atoms with E-state index in [9.17, 15) is 0 Å². The van der Waals surface area contributed by atoms with Gasteiger partial charge in [-0.25, -0.2) is 0 Å². The molecule has 0 radical (unpaired) electrons. The summed E-state index contributed by atoms with van der Waals surface area (Å²) in [5, 5.41) is 0.724.